The van der Waals surface area contributed by atoms with E-state index >= 15 is 0 Å². The molecule has 0 aliphatic carbocycles. The van der Waals surface area contributed by atoms with Crippen LogP contribution in [0.3, 0.4) is 0 Å². The third-order valence-corrected chi connectivity index (χ3v) is 2.52. The second kappa shape index (κ2) is 3.99. The van der Waals surface area contributed by atoms with Crippen LogP contribution in [0, 0.1) is 5.82 Å². The van der Waals surface area contributed by atoms with Crippen LogP contribution in [-0.2, 0) is 0 Å². The summed E-state index contributed by atoms with van der Waals surface area (Å²) in [5, 5.41) is 7.71. The van der Waals surface area contributed by atoms with Crippen molar-refractivity contribution in [2.75, 3.05) is 5.73 Å². The van der Waals surface area contributed by atoms with E-state index < -0.39 is 5.82 Å². The summed E-state index contributed by atoms with van der Waals surface area (Å²) < 4.78 is 20.2. The molecule has 0 saturated carbocycles. The molecule has 0 bridgehead atoms. The van der Waals surface area contributed by atoms with E-state index in [0.29, 0.717) is 16.9 Å². The monoisotopic (exact) mass is 244 g/mol. The van der Waals surface area contributed by atoms with Crippen LogP contribution >= 0.6 is 0 Å². The minimum Gasteiger partial charge on any atom is -0.368 e. The minimum atomic E-state index is -0.391. The molecule has 2 aromatic heterocycles. The summed E-state index contributed by atoms with van der Waals surface area (Å²) in [6, 6.07) is 8.00. The van der Waals surface area contributed by atoms with Crippen molar-refractivity contribution in [1.29, 1.82) is 0 Å². The van der Waals surface area contributed by atoms with Crippen LogP contribution in [0.2, 0.25) is 0 Å². The molecule has 0 radical (unpaired) electrons. The molecule has 3 rings (SSSR count). The number of aromatic nitrogens is 3. The number of hydrogen-bond acceptors (Lipinski definition) is 4. The Bertz CT molecular complexity index is 675. The minimum absolute atomic E-state index is 0.196. The van der Waals surface area contributed by atoms with Crippen LogP contribution in [0.25, 0.3) is 16.9 Å². The molecule has 0 aliphatic rings. The van der Waals surface area contributed by atoms with Crippen LogP contribution in [0.4, 0.5) is 10.3 Å². The summed E-state index contributed by atoms with van der Waals surface area (Å²) in [5.41, 5.74) is 6.90. The average molecular weight is 244 g/mol. The first-order valence-electron chi connectivity index (χ1n) is 5.26. The lowest BCUT2D eigenvalue weighted by Crippen LogP contribution is -1.98. The Morgan fingerprint density at radius 3 is 2.78 bits per heavy atom. The van der Waals surface area contributed by atoms with Gasteiger partial charge >= 0.3 is 0 Å². The normalized spacial score (nSPS) is 10.7. The van der Waals surface area contributed by atoms with Crippen molar-refractivity contribution in [1.82, 2.24) is 14.9 Å². The van der Waals surface area contributed by atoms with Gasteiger partial charge in [-0.25, -0.2) is 9.07 Å². The van der Waals surface area contributed by atoms with Crippen molar-refractivity contribution in [3.8, 4) is 16.9 Å². The number of nitrogen functional groups attached to an aromatic ring is 1. The highest BCUT2D eigenvalue weighted by molar-refractivity contribution is 5.62. The lowest BCUT2D eigenvalue weighted by Gasteiger charge is -2.04. The van der Waals surface area contributed by atoms with Gasteiger partial charge in [0.2, 0.25) is 5.88 Å². The Morgan fingerprint density at radius 1 is 1.28 bits per heavy atom. The molecule has 3 aromatic rings. The first-order valence-corrected chi connectivity index (χ1v) is 5.26. The number of halogens is 1. The van der Waals surface area contributed by atoms with E-state index in [-0.39, 0.29) is 5.88 Å². The third kappa shape index (κ3) is 1.73. The van der Waals surface area contributed by atoms with E-state index in [0.717, 1.165) is 0 Å². The Labute approximate surface area is 102 Å². The summed E-state index contributed by atoms with van der Waals surface area (Å²) in [4.78, 5) is 0. The van der Waals surface area contributed by atoms with Crippen molar-refractivity contribution in [3.05, 3.63) is 48.5 Å². The number of nitrogens with zero attached hydrogens (tertiary/aromatic N) is 3. The lowest BCUT2D eigenvalue weighted by atomic mass is 10.1. The van der Waals surface area contributed by atoms with Gasteiger partial charge in [-0.1, -0.05) is 11.2 Å². The fourth-order valence-corrected chi connectivity index (χ4v) is 1.69. The van der Waals surface area contributed by atoms with Crippen molar-refractivity contribution >= 4 is 5.88 Å². The van der Waals surface area contributed by atoms with E-state index in [9.17, 15) is 4.39 Å². The van der Waals surface area contributed by atoms with Crippen molar-refractivity contribution in [2.24, 2.45) is 0 Å². The molecule has 0 atom stereocenters. The smallest absolute Gasteiger partial charge is 0.222 e. The maximum atomic E-state index is 14.0. The van der Waals surface area contributed by atoms with Gasteiger partial charge in [-0.2, -0.15) is 5.10 Å². The summed E-state index contributed by atoms with van der Waals surface area (Å²) >= 11 is 0. The Kier molecular flexibility index (Phi) is 2.33. The summed E-state index contributed by atoms with van der Waals surface area (Å²) in [5.74, 6) is -0.195. The molecule has 0 amide bonds. The van der Waals surface area contributed by atoms with Crippen molar-refractivity contribution in [2.45, 2.75) is 0 Å². The van der Waals surface area contributed by atoms with Crippen LogP contribution < -0.4 is 5.73 Å². The van der Waals surface area contributed by atoms with E-state index in [2.05, 4.69) is 10.3 Å². The SMILES string of the molecule is Nc1cc(-c2ccc(-n3cccn3)c(F)c2)no1. The van der Waals surface area contributed by atoms with Gasteiger partial charge in [-0.05, 0) is 18.2 Å². The van der Waals surface area contributed by atoms with Gasteiger partial charge in [-0.15, -0.1) is 0 Å². The molecular formula is C12H9FN4O. The highest BCUT2D eigenvalue weighted by atomic mass is 19.1. The fraction of sp³-hybridized carbons (Fsp3) is 0. The summed E-state index contributed by atoms with van der Waals surface area (Å²) in [6.07, 6.45) is 3.26. The first-order chi connectivity index (χ1) is 8.74. The zero-order valence-electron chi connectivity index (χ0n) is 9.25. The van der Waals surface area contributed by atoms with E-state index in [1.165, 1.54) is 10.7 Å². The van der Waals surface area contributed by atoms with Gasteiger partial charge in [0.1, 0.15) is 17.2 Å². The summed E-state index contributed by atoms with van der Waals surface area (Å²) in [6.45, 7) is 0. The molecular weight excluding hydrogens is 235 g/mol. The molecule has 0 aliphatic heterocycles. The molecule has 0 saturated heterocycles. The maximum Gasteiger partial charge on any atom is 0.222 e. The molecule has 1 aromatic carbocycles. The molecule has 0 fully saturated rings. The van der Waals surface area contributed by atoms with Crippen LogP contribution in [-0.4, -0.2) is 14.9 Å². The van der Waals surface area contributed by atoms with Gasteiger partial charge in [0.05, 0.1) is 0 Å². The quantitative estimate of drug-likeness (QED) is 0.750. The van der Waals surface area contributed by atoms with Gasteiger partial charge < -0.3 is 10.3 Å². The number of anilines is 1. The second-order valence-corrected chi connectivity index (χ2v) is 3.73. The third-order valence-electron chi connectivity index (χ3n) is 2.52. The van der Waals surface area contributed by atoms with Gasteiger partial charge in [0.15, 0.2) is 0 Å². The van der Waals surface area contributed by atoms with Crippen molar-refractivity contribution < 1.29 is 8.91 Å². The van der Waals surface area contributed by atoms with E-state index in [1.807, 2.05) is 0 Å². The van der Waals surface area contributed by atoms with Gasteiger partial charge in [0, 0.05) is 24.0 Å². The number of rotatable bonds is 2. The maximum absolute atomic E-state index is 14.0. The number of benzene rings is 1. The van der Waals surface area contributed by atoms with Crippen LogP contribution in [0.1, 0.15) is 0 Å². The molecule has 6 heteroatoms. The molecule has 2 heterocycles. The molecule has 0 spiro atoms. The standard InChI is InChI=1S/C12H9FN4O/c13-9-6-8(10-7-12(14)18-16-10)2-3-11(9)17-5-1-4-15-17/h1-7H,14H2. The van der Waals surface area contributed by atoms with Crippen LogP contribution in [0.5, 0.6) is 0 Å². The Hall–Kier alpha value is -2.63. The van der Waals surface area contributed by atoms with Gasteiger partial charge in [-0.3, -0.25) is 0 Å². The second-order valence-electron chi connectivity index (χ2n) is 3.73. The predicted octanol–water partition coefficient (Wildman–Crippen LogP) is 2.25. The highest BCUT2D eigenvalue weighted by Crippen LogP contribution is 2.23. The van der Waals surface area contributed by atoms with Crippen LogP contribution in [0.15, 0.2) is 47.2 Å². The molecule has 5 nitrogen and oxygen atoms in total. The molecule has 90 valence electrons. The largest absolute Gasteiger partial charge is 0.368 e. The zero-order valence-corrected chi connectivity index (χ0v) is 9.25. The fourth-order valence-electron chi connectivity index (χ4n) is 1.69. The lowest BCUT2D eigenvalue weighted by molar-refractivity contribution is 0.439. The van der Waals surface area contributed by atoms with E-state index in [1.54, 1.807) is 36.7 Å². The topological polar surface area (TPSA) is 69.9 Å². The average Bonchev–Trinajstić information content (AvgIpc) is 2.99. The summed E-state index contributed by atoms with van der Waals surface area (Å²) in [7, 11) is 0. The first kappa shape index (κ1) is 10.5. The molecule has 18 heavy (non-hydrogen) atoms. The molecule has 2 N–H and O–H groups in total. The van der Waals surface area contributed by atoms with Gasteiger partial charge in [0.25, 0.3) is 0 Å². The Morgan fingerprint density at radius 2 is 2.17 bits per heavy atom. The predicted molar refractivity (Wildman–Crippen MR) is 63.4 cm³/mol. The number of hydrogen-bond donors (Lipinski definition) is 1. The number of nitrogens with two attached hydrogens (primary N) is 1. The zero-order chi connectivity index (χ0) is 12.5. The van der Waals surface area contributed by atoms with E-state index in [4.69, 9.17) is 10.3 Å². The molecule has 0 unspecified atom stereocenters. The highest BCUT2D eigenvalue weighted by Gasteiger charge is 2.09. The van der Waals surface area contributed by atoms with Crippen molar-refractivity contribution in [3.63, 3.8) is 0 Å². The Balaban J connectivity index is 2.04.